The van der Waals surface area contributed by atoms with Crippen molar-refractivity contribution in [2.45, 2.75) is 25.3 Å². The number of carbonyl (C=O) groups is 1. The first-order valence-electron chi connectivity index (χ1n) is 7.35. The number of oxazole rings is 1. The number of amides is 1. The van der Waals surface area contributed by atoms with Gasteiger partial charge in [-0.25, -0.2) is 4.98 Å². The van der Waals surface area contributed by atoms with Crippen molar-refractivity contribution >= 4 is 17.5 Å². The van der Waals surface area contributed by atoms with E-state index in [2.05, 4.69) is 4.98 Å². The Morgan fingerprint density at radius 3 is 2.91 bits per heavy atom. The third kappa shape index (κ3) is 3.48. The minimum Gasteiger partial charge on any atom is -0.444 e. The van der Waals surface area contributed by atoms with Gasteiger partial charge in [0.15, 0.2) is 0 Å². The third-order valence-electron chi connectivity index (χ3n) is 3.79. The van der Waals surface area contributed by atoms with E-state index >= 15 is 0 Å². The van der Waals surface area contributed by atoms with E-state index in [-0.39, 0.29) is 18.4 Å². The predicted molar refractivity (Wildman–Crippen MR) is 84.4 cm³/mol. The summed E-state index contributed by atoms with van der Waals surface area (Å²) in [4.78, 5) is 18.5. The van der Waals surface area contributed by atoms with Gasteiger partial charge in [0, 0.05) is 29.7 Å². The van der Waals surface area contributed by atoms with Crippen molar-refractivity contribution in [2.24, 2.45) is 5.73 Å². The van der Waals surface area contributed by atoms with Gasteiger partial charge in [0.05, 0.1) is 12.1 Å². The zero-order valence-corrected chi connectivity index (χ0v) is 12.9. The van der Waals surface area contributed by atoms with Gasteiger partial charge in [-0.2, -0.15) is 0 Å². The smallest absolute Gasteiger partial charge is 0.228 e. The molecule has 116 valence electrons. The van der Waals surface area contributed by atoms with Crippen LogP contribution in [0.2, 0.25) is 5.02 Å². The van der Waals surface area contributed by atoms with E-state index in [9.17, 15) is 4.79 Å². The highest BCUT2D eigenvalue weighted by Crippen LogP contribution is 2.21. The van der Waals surface area contributed by atoms with Crippen LogP contribution in [-0.2, 0) is 11.2 Å². The van der Waals surface area contributed by atoms with Crippen LogP contribution < -0.4 is 5.73 Å². The van der Waals surface area contributed by atoms with Crippen LogP contribution in [0.1, 0.15) is 18.5 Å². The fourth-order valence-corrected chi connectivity index (χ4v) is 2.74. The number of hydrogen-bond acceptors (Lipinski definition) is 4. The van der Waals surface area contributed by atoms with Crippen LogP contribution in [0.15, 0.2) is 34.9 Å². The van der Waals surface area contributed by atoms with Crippen molar-refractivity contribution < 1.29 is 9.21 Å². The molecule has 1 saturated heterocycles. The molecule has 1 aromatic heterocycles. The summed E-state index contributed by atoms with van der Waals surface area (Å²) < 4.78 is 5.45. The lowest BCUT2D eigenvalue weighted by Crippen LogP contribution is -2.46. The van der Waals surface area contributed by atoms with Crippen LogP contribution >= 0.6 is 11.6 Å². The first kappa shape index (κ1) is 15.1. The number of benzene rings is 1. The number of likely N-dealkylation sites (tertiary alicyclic amines) is 1. The molecule has 0 bridgehead atoms. The van der Waals surface area contributed by atoms with E-state index in [0.717, 1.165) is 24.9 Å². The Hall–Kier alpha value is -1.85. The number of hydrogen-bond donors (Lipinski definition) is 1. The molecule has 1 aliphatic heterocycles. The van der Waals surface area contributed by atoms with E-state index in [1.54, 1.807) is 12.1 Å². The summed E-state index contributed by atoms with van der Waals surface area (Å²) in [5, 5.41) is 0.659. The maximum atomic E-state index is 12.3. The normalized spacial score (nSPS) is 18.5. The molecule has 1 aliphatic rings. The molecule has 6 heteroatoms. The van der Waals surface area contributed by atoms with Crippen molar-refractivity contribution in [1.82, 2.24) is 9.88 Å². The minimum absolute atomic E-state index is 0.0473. The van der Waals surface area contributed by atoms with Gasteiger partial charge in [-0.1, -0.05) is 11.6 Å². The van der Waals surface area contributed by atoms with Gasteiger partial charge < -0.3 is 15.1 Å². The standard InChI is InChI=1S/C16H18ClN3O2/c17-12-5-3-11(4-6-12)16-19-14(10-22-16)8-15(21)20-7-1-2-13(18)9-20/h3-6,10,13H,1-2,7-9,18H2/t13-/m1/s1. The van der Waals surface area contributed by atoms with Crippen LogP contribution in [0.4, 0.5) is 0 Å². The maximum absolute atomic E-state index is 12.3. The number of aromatic nitrogens is 1. The number of nitrogens with zero attached hydrogens (tertiary/aromatic N) is 2. The van der Waals surface area contributed by atoms with E-state index in [4.69, 9.17) is 21.8 Å². The van der Waals surface area contributed by atoms with E-state index < -0.39 is 0 Å². The molecule has 3 rings (SSSR count). The summed E-state index contributed by atoms with van der Waals surface area (Å²) in [7, 11) is 0. The first-order valence-corrected chi connectivity index (χ1v) is 7.73. The van der Waals surface area contributed by atoms with Crippen LogP contribution in [0.3, 0.4) is 0 Å². The quantitative estimate of drug-likeness (QED) is 0.943. The van der Waals surface area contributed by atoms with E-state index in [0.29, 0.717) is 23.2 Å². The molecule has 0 saturated carbocycles. The molecule has 22 heavy (non-hydrogen) atoms. The largest absolute Gasteiger partial charge is 0.444 e. The van der Waals surface area contributed by atoms with Gasteiger partial charge in [-0.3, -0.25) is 4.79 Å². The summed E-state index contributed by atoms with van der Waals surface area (Å²) >= 11 is 5.86. The number of rotatable bonds is 3. The molecular formula is C16H18ClN3O2. The van der Waals surface area contributed by atoms with Gasteiger partial charge >= 0.3 is 0 Å². The monoisotopic (exact) mass is 319 g/mol. The topological polar surface area (TPSA) is 72.4 Å². The molecule has 1 atom stereocenters. The van der Waals surface area contributed by atoms with Gasteiger partial charge in [-0.05, 0) is 37.1 Å². The summed E-state index contributed by atoms with van der Waals surface area (Å²) in [6, 6.07) is 7.31. The highest BCUT2D eigenvalue weighted by molar-refractivity contribution is 6.30. The van der Waals surface area contributed by atoms with Crippen LogP contribution in [0.25, 0.3) is 11.5 Å². The van der Waals surface area contributed by atoms with E-state index in [1.807, 2.05) is 17.0 Å². The zero-order valence-electron chi connectivity index (χ0n) is 12.2. The number of piperidine rings is 1. The van der Waals surface area contributed by atoms with Gasteiger partial charge in [-0.15, -0.1) is 0 Å². The van der Waals surface area contributed by atoms with Gasteiger partial charge in [0.25, 0.3) is 0 Å². The third-order valence-corrected chi connectivity index (χ3v) is 4.04. The SMILES string of the molecule is N[C@@H]1CCCN(C(=O)Cc2coc(-c3ccc(Cl)cc3)n2)C1. The Morgan fingerprint density at radius 2 is 2.18 bits per heavy atom. The average Bonchev–Trinajstić information content (AvgIpc) is 2.96. The fourth-order valence-electron chi connectivity index (χ4n) is 2.62. The summed E-state index contributed by atoms with van der Waals surface area (Å²) in [6.07, 6.45) is 3.71. The number of carbonyl (C=O) groups excluding carboxylic acids is 1. The molecule has 0 spiro atoms. The molecule has 1 amide bonds. The van der Waals surface area contributed by atoms with Crippen molar-refractivity contribution in [1.29, 1.82) is 0 Å². The molecule has 0 aliphatic carbocycles. The van der Waals surface area contributed by atoms with Crippen molar-refractivity contribution in [3.8, 4) is 11.5 Å². The Labute approximate surface area is 134 Å². The average molecular weight is 320 g/mol. The molecular weight excluding hydrogens is 302 g/mol. The van der Waals surface area contributed by atoms with Crippen LogP contribution in [-0.4, -0.2) is 34.9 Å². The van der Waals surface area contributed by atoms with Gasteiger partial charge in [0.1, 0.15) is 6.26 Å². The fraction of sp³-hybridized carbons (Fsp3) is 0.375. The second kappa shape index (κ2) is 6.50. The summed E-state index contributed by atoms with van der Waals surface area (Å²) in [6.45, 7) is 1.40. The minimum atomic E-state index is 0.0473. The Morgan fingerprint density at radius 1 is 1.41 bits per heavy atom. The van der Waals surface area contributed by atoms with Crippen molar-refractivity contribution in [2.75, 3.05) is 13.1 Å². The lowest BCUT2D eigenvalue weighted by Gasteiger charge is -2.30. The second-order valence-electron chi connectivity index (χ2n) is 5.57. The van der Waals surface area contributed by atoms with Crippen molar-refractivity contribution in [3.05, 3.63) is 41.2 Å². The summed E-state index contributed by atoms with van der Waals surface area (Å²) in [5.41, 5.74) is 7.38. The molecule has 0 radical (unpaired) electrons. The van der Waals surface area contributed by atoms with Crippen LogP contribution in [0.5, 0.6) is 0 Å². The molecule has 0 unspecified atom stereocenters. The highest BCUT2D eigenvalue weighted by atomic mass is 35.5. The lowest BCUT2D eigenvalue weighted by atomic mass is 10.1. The Balaban J connectivity index is 1.66. The zero-order chi connectivity index (χ0) is 15.5. The Kier molecular flexibility index (Phi) is 4.45. The first-order chi connectivity index (χ1) is 10.6. The lowest BCUT2D eigenvalue weighted by molar-refractivity contribution is -0.131. The summed E-state index contributed by atoms with van der Waals surface area (Å²) in [5.74, 6) is 0.543. The molecule has 1 aromatic carbocycles. The second-order valence-corrected chi connectivity index (χ2v) is 6.01. The van der Waals surface area contributed by atoms with Gasteiger partial charge in [0.2, 0.25) is 11.8 Å². The number of halogens is 1. The van der Waals surface area contributed by atoms with E-state index in [1.165, 1.54) is 6.26 Å². The Bertz CT molecular complexity index is 654. The van der Waals surface area contributed by atoms with Crippen LogP contribution in [0, 0.1) is 0 Å². The molecule has 2 heterocycles. The molecule has 2 N–H and O–H groups in total. The molecule has 1 fully saturated rings. The number of nitrogens with two attached hydrogens (primary N) is 1. The predicted octanol–water partition coefficient (Wildman–Crippen LogP) is 2.49. The maximum Gasteiger partial charge on any atom is 0.228 e. The molecule has 2 aromatic rings. The van der Waals surface area contributed by atoms with Crippen molar-refractivity contribution in [3.63, 3.8) is 0 Å². The highest BCUT2D eigenvalue weighted by Gasteiger charge is 2.22. The molecule has 5 nitrogen and oxygen atoms in total.